The Bertz CT molecular complexity index is 599. The number of carboxylic acid groups (broad SMARTS) is 1. The Morgan fingerprint density at radius 1 is 1.45 bits per heavy atom. The highest BCUT2D eigenvalue weighted by Gasteiger charge is 2.21. The molecule has 0 aromatic carbocycles. The van der Waals surface area contributed by atoms with E-state index in [-0.39, 0.29) is 23.3 Å². The fourth-order valence-electron chi connectivity index (χ4n) is 1.89. The van der Waals surface area contributed by atoms with Gasteiger partial charge in [0.15, 0.2) is 11.6 Å². The molecule has 2 N–H and O–H groups in total. The zero-order valence-corrected chi connectivity index (χ0v) is 11.9. The summed E-state index contributed by atoms with van der Waals surface area (Å²) in [5, 5.41) is 13.9. The van der Waals surface area contributed by atoms with Crippen LogP contribution in [0.25, 0.3) is 0 Å². The SMILES string of the molecule is CC(C)C(Nc1nccc(C(=O)O)c1F)c1cccs1. The van der Waals surface area contributed by atoms with Gasteiger partial charge in [-0.2, -0.15) is 0 Å². The van der Waals surface area contributed by atoms with Crippen LogP contribution in [0.1, 0.15) is 35.1 Å². The van der Waals surface area contributed by atoms with Gasteiger partial charge in [0, 0.05) is 11.1 Å². The molecule has 0 spiro atoms. The molecule has 2 aromatic heterocycles. The lowest BCUT2D eigenvalue weighted by Crippen LogP contribution is -2.18. The highest BCUT2D eigenvalue weighted by atomic mass is 32.1. The molecule has 0 radical (unpaired) electrons. The predicted molar refractivity (Wildman–Crippen MR) is 76.7 cm³/mol. The third-order valence-electron chi connectivity index (χ3n) is 2.93. The molecule has 0 saturated carbocycles. The van der Waals surface area contributed by atoms with Gasteiger partial charge in [0.2, 0.25) is 0 Å². The molecule has 0 saturated heterocycles. The van der Waals surface area contributed by atoms with Gasteiger partial charge in [-0.25, -0.2) is 14.2 Å². The van der Waals surface area contributed by atoms with Crippen LogP contribution in [0.3, 0.4) is 0 Å². The first-order valence-corrected chi connectivity index (χ1v) is 7.06. The van der Waals surface area contributed by atoms with Crippen LogP contribution in [0.5, 0.6) is 0 Å². The Hall–Kier alpha value is -1.95. The highest BCUT2D eigenvalue weighted by Crippen LogP contribution is 2.30. The Morgan fingerprint density at radius 2 is 2.20 bits per heavy atom. The van der Waals surface area contributed by atoms with Crippen LogP contribution in [-0.4, -0.2) is 16.1 Å². The topological polar surface area (TPSA) is 62.2 Å². The van der Waals surface area contributed by atoms with Gasteiger partial charge in [-0.15, -0.1) is 11.3 Å². The number of pyridine rings is 1. The molecule has 0 bridgehead atoms. The van der Waals surface area contributed by atoms with E-state index < -0.39 is 11.8 Å². The summed E-state index contributed by atoms with van der Waals surface area (Å²) in [6.45, 7) is 4.02. The molecule has 2 heterocycles. The van der Waals surface area contributed by atoms with Crippen molar-refractivity contribution in [2.45, 2.75) is 19.9 Å². The van der Waals surface area contributed by atoms with E-state index in [9.17, 15) is 9.18 Å². The van der Waals surface area contributed by atoms with Crippen molar-refractivity contribution in [1.82, 2.24) is 4.98 Å². The number of halogens is 1. The lowest BCUT2D eigenvalue weighted by molar-refractivity contribution is 0.0692. The van der Waals surface area contributed by atoms with Crippen molar-refractivity contribution in [3.05, 3.63) is 46.0 Å². The predicted octanol–water partition coefficient (Wildman–Crippen LogP) is 3.79. The fraction of sp³-hybridized carbons (Fsp3) is 0.286. The van der Waals surface area contributed by atoms with Crippen molar-refractivity contribution in [2.24, 2.45) is 5.92 Å². The van der Waals surface area contributed by atoms with Crippen molar-refractivity contribution < 1.29 is 14.3 Å². The molecule has 106 valence electrons. The summed E-state index contributed by atoms with van der Waals surface area (Å²) in [4.78, 5) is 15.9. The van der Waals surface area contributed by atoms with Gasteiger partial charge in [-0.3, -0.25) is 0 Å². The average Bonchev–Trinajstić information content (AvgIpc) is 2.90. The number of aromatic carboxylic acids is 1. The van der Waals surface area contributed by atoms with E-state index in [4.69, 9.17) is 5.11 Å². The number of hydrogen-bond donors (Lipinski definition) is 2. The quantitative estimate of drug-likeness (QED) is 0.880. The Kier molecular flexibility index (Phi) is 4.34. The average molecular weight is 294 g/mol. The molecular weight excluding hydrogens is 279 g/mol. The molecule has 1 atom stereocenters. The van der Waals surface area contributed by atoms with Crippen LogP contribution in [0.15, 0.2) is 29.8 Å². The van der Waals surface area contributed by atoms with Crippen molar-refractivity contribution in [3.63, 3.8) is 0 Å². The normalized spacial score (nSPS) is 12.4. The molecule has 20 heavy (non-hydrogen) atoms. The maximum absolute atomic E-state index is 14.1. The molecule has 2 rings (SSSR count). The summed E-state index contributed by atoms with van der Waals surface area (Å²) >= 11 is 1.57. The second-order valence-electron chi connectivity index (χ2n) is 4.71. The number of anilines is 1. The summed E-state index contributed by atoms with van der Waals surface area (Å²) in [7, 11) is 0. The Morgan fingerprint density at radius 3 is 2.75 bits per heavy atom. The first kappa shape index (κ1) is 14.5. The van der Waals surface area contributed by atoms with Crippen LogP contribution < -0.4 is 5.32 Å². The van der Waals surface area contributed by atoms with Crippen molar-refractivity contribution in [2.75, 3.05) is 5.32 Å². The number of hydrogen-bond acceptors (Lipinski definition) is 4. The monoisotopic (exact) mass is 294 g/mol. The number of nitrogens with one attached hydrogen (secondary N) is 1. The summed E-state index contributed by atoms with van der Waals surface area (Å²) in [5.74, 6) is -1.95. The minimum absolute atomic E-state index is 0.0306. The van der Waals surface area contributed by atoms with Gasteiger partial charge in [-0.1, -0.05) is 19.9 Å². The molecular formula is C14H15FN2O2S. The second-order valence-corrected chi connectivity index (χ2v) is 5.69. The van der Waals surface area contributed by atoms with E-state index in [1.54, 1.807) is 11.3 Å². The van der Waals surface area contributed by atoms with Crippen LogP contribution in [0.4, 0.5) is 10.2 Å². The lowest BCUT2D eigenvalue weighted by atomic mass is 10.0. The van der Waals surface area contributed by atoms with E-state index in [1.165, 1.54) is 6.20 Å². The molecule has 1 unspecified atom stereocenters. The summed E-state index contributed by atoms with van der Waals surface area (Å²) < 4.78 is 14.1. The van der Waals surface area contributed by atoms with Gasteiger partial charge >= 0.3 is 5.97 Å². The van der Waals surface area contributed by atoms with E-state index in [0.29, 0.717) is 0 Å². The highest BCUT2D eigenvalue weighted by molar-refractivity contribution is 7.10. The molecule has 0 aliphatic carbocycles. The van der Waals surface area contributed by atoms with Crippen LogP contribution in [0, 0.1) is 11.7 Å². The number of carbonyl (C=O) groups is 1. The number of aromatic nitrogens is 1. The Labute approximate surface area is 120 Å². The van der Waals surface area contributed by atoms with Crippen LogP contribution in [0.2, 0.25) is 0 Å². The number of rotatable bonds is 5. The van der Waals surface area contributed by atoms with E-state index in [1.807, 2.05) is 31.4 Å². The third kappa shape index (κ3) is 2.96. The minimum Gasteiger partial charge on any atom is -0.478 e. The Balaban J connectivity index is 2.32. The molecule has 0 fully saturated rings. The zero-order chi connectivity index (χ0) is 14.7. The standard InChI is InChI=1S/C14H15FN2O2S/c1-8(2)12(10-4-3-7-20-10)17-13-11(15)9(14(18)19)5-6-16-13/h3-8,12H,1-2H3,(H,16,17)(H,18,19). The van der Waals surface area contributed by atoms with Gasteiger partial charge in [0.1, 0.15) is 5.56 Å². The van der Waals surface area contributed by atoms with Gasteiger partial charge in [-0.05, 0) is 23.4 Å². The minimum atomic E-state index is -1.30. The smallest absolute Gasteiger partial charge is 0.338 e. The lowest BCUT2D eigenvalue weighted by Gasteiger charge is -2.22. The van der Waals surface area contributed by atoms with Gasteiger partial charge in [0.05, 0.1) is 6.04 Å². The van der Waals surface area contributed by atoms with Crippen molar-refractivity contribution in [1.29, 1.82) is 0 Å². The zero-order valence-electron chi connectivity index (χ0n) is 11.1. The maximum Gasteiger partial charge on any atom is 0.338 e. The largest absolute Gasteiger partial charge is 0.478 e. The first-order chi connectivity index (χ1) is 9.50. The summed E-state index contributed by atoms with van der Waals surface area (Å²) in [6, 6.07) is 4.93. The number of nitrogens with zero attached hydrogens (tertiary/aromatic N) is 1. The van der Waals surface area contributed by atoms with Gasteiger partial charge < -0.3 is 10.4 Å². The third-order valence-corrected chi connectivity index (χ3v) is 3.88. The fourth-order valence-corrected chi connectivity index (χ4v) is 2.84. The van der Waals surface area contributed by atoms with E-state index in [2.05, 4.69) is 10.3 Å². The van der Waals surface area contributed by atoms with E-state index in [0.717, 1.165) is 10.9 Å². The number of thiophene rings is 1. The molecule has 0 amide bonds. The molecule has 2 aromatic rings. The maximum atomic E-state index is 14.1. The van der Waals surface area contributed by atoms with Crippen LogP contribution >= 0.6 is 11.3 Å². The van der Waals surface area contributed by atoms with Gasteiger partial charge in [0.25, 0.3) is 0 Å². The van der Waals surface area contributed by atoms with Crippen LogP contribution in [-0.2, 0) is 0 Å². The number of carboxylic acids is 1. The molecule has 0 aliphatic rings. The van der Waals surface area contributed by atoms with E-state index >= 15 is 0 Å². The van der Waals surface area contributed by atoms with Crippen molar-refractivity contribution >= 4 is 23.1 Å². The second kappa shape index (κ2) is 6.00. The molecule has 6 heteroatoms. The summed E-state index contributed by atoms with van der Waals surface area (Å²) in [6.07, 6.45) is 1.29. The molecule has 4 nitrogen and oxygen atoms in total. The molecule has 0 aliphatic heterocycles. The van der Waals surface area contributed by atoms with Crippen molar-refractivity contribution in [3.8, 4) is 0 Å². The summed E-state index contributed by atoms with van der Waals surface area (Å²) in [5.41, 5.74) is -0.379. The first-order valence-electron chi connectivity index (χ1n) is 6.18.